The summed E-state index contributed by atoms with van der Waals surface area (Å²) in [4.78, 5) is 18.8. The summed E-state index contributed by atoms with van der Waals surface area (Å²) in [6, 6.07) is 9.80. The van der Waals surface area contributed by atoms with E-state index in [1.165, 1.54) is 11.3 Å². The van der Waals surface area contributed by atoms with Gasteiger partial charge in [0.15, 0.2) is 11.5 Å². The van der Waals surface area contributed by atoms with E-state index >= 15 is 0 Å². The Labute approximate surface area is 191 Å². The summed E-state index contributed by atoms with van der Waals surface area (Å²) in [6.45, 7) is 15.6. The van der Waals surface area contributed by atoms with Crippen molar-refractivity contribution in [1.82, 2.24) is 15.1 Å². The Morgan fingerprint density at radius 1 is 0.935 bits per heavy atom. The number of rotatable bonds is 14. The normalized spacial score (nSPS) is 11.2. The second kappa shape index (κ2) is 13.3. The van der Waals surface area contributed by atoms with E-state index in [2.05, 4.69) is 42.8 Å². The Kier molecular flexibility index (Phi) is 10.8. The highest BCUT2D eigenvalue weighted by atomic mass is 32.1. The Morgan fingerprint density at radius 2 is 1.61 bits per heavy atom. The predicted molar refractivity (Wildman–Crippen MR) is 130 cm³/mol. The van der Waals surface area contributed by atoms with Crippen LogP contribution in [0.5, 0.6) is 11.5 Å². The van der Waals surface area contributed by atoms with Crippen LogP contribution in [0, 0.1) is 0 Å². The summed E-state index contributed by atoms with van der Waals surface area (Å²) in [5.74, 6) is 1.42. The topological polar surface area (TPSA) is 54.0 Å². The first kappa shape index (κ1) is 25.2. The molecule has 31 heavy (non-hydrogen) atoms. The number of ether oxygens (including phenoxy) is 2. The number of amides is 1. The highest BCUT2D eigenvalue weighted by molar-refractivity contribution is 7.17. The van der Waals surface area contributed by atoms with E-state index in [0.717, 1.165) is 55.5 Å². The van der Waals surface area contributed by atoms with Crippen LogP contribution < -0.4 is 14.8 Å². The number of benzene rings is 1. The van der Waals surface area contributed by atoms with Crippen molar-refractivity contribution in [2.45, 2.75) is 27.7 Å². The molecular formula is C24H37N3O3S. The van der Waals surface area contributed by atoms with E-state index < -0.39 is 0 Å². The molecule has 1 amide bonds. The number of hydrogen-bond donors (Lipinski definition) is 1. The number of carbonyl (C=O) groups is 1. The first-order valence-corrected chi connectivity index (χ1v) is 12.0. The summed E-state index contributed by atoms with van der Waals surface area (Å²) in [6.07, 6.45) is 0. The molecule has 0 spiro atoms. The molecule has 0 bridgehead atoms. The van der Waals surface area contributed by atoms with Gasteiger partial charge < -0.3 is 24.6 Å². The van der Waals surface area contributed by atoms with Gasteiger partial charge in [-0.05, 0) is 62.1 Å². The smallest absolute Gasteiger partial charge is 0.261 e. The monoisotopic (exact) mass is 447 g/mol. The first-order valence-electron chi connectivity index (χ1n) is 11.2. The van der Waals surface area contributed by atoms with Crippen molar-refractivity contribution in [3.05, 3.63) is 35.2 Å². The molecule has 1 aromatic carbocycles. The Bertz CT molecular complexity index is 801. The second-order valence-electron chi connectivity index (χ2n) is 7.19. The molecule has 0 saturated carbocycles. The van der Waals surface area contributed by atoms with Crippen molar-refractivity contribution in [3.8, 4) is 21.9 Å². The fourth-order valence-corrected chi connectivity index (χ4v) is 4.25. The zero-order valence-electron chi connectivity index (χ0n) is 19.6. The standard InChI is InChI=1S/C24H37N3O3S/c1-6-26(7-2)15-14-25-24(28)23-13-12-22(31-23)19-10-11-20(21(18-19)29-5)30-17-16-27(8-3)9-4/h10-13,18H,6-9,14-17H2,1-5H3,(H,25,28). The molecule has 1 aromatic heterocycles. The molecule has 2 rings (SSSR count). The van der Waals surface area contributed by atoms with Crippen molar-refractivity contribution in [2.75, 3.05) is 59.5 Å². The molecule has 0 fully saturated rings. The lowest BCUT2D eigenvalue weighted by atomic mass is 10.1. The molecule has 1 heterocycles. The van der Waals surface area contributed by atoms with Crippen LogP contribution in [-0.4, -0.2) is 75.2 Å². The van der Waals surface area contributed by atoms with E-state index in [1.54, 1.807) is 7.11 Å². The highest BCUT2D eigenvalue weighted by Gasteiger charge is 2.13. The van der Waals surface area contributed by atoms with Crippen LogP contribution in [0.1, 0.15) is 37.4 Å². The molecule has 0 aliphatic heterocycles. The van der Waals surface area contributed by atoms with Gasteiger partial charge in [0, 0.05) is 24.5 Å². The molecule has 0 aliphatic carbocycles. The van der Waals surface area contributed by atoms with E-state index in [0.29, 0.717) is 23.8 Å². The number of nitrogens with zero attached hydrogens (tertiary/aromatic N) is 2. The molecule has 1 N–H and O–H groups in total. The second-order valence-corrected chi connectivity index (χ2v) is 8.27. The largest absolute Gasteiger partial charge is 0.493 e. The van der Waals surface area contributed by atoms with Crippen molar-refractivity contribution in [3.63, 3.8) is 0 Å². The maximum absolute atomic E-state index is 12.5. The van der Waals surface area contributed by atoms with Gasteiger partial charge in [-0.1, -0.05) is 27.7 Å². The summed E-state index contributed by atoms with van der Waals surface area (Å²) in [5.41, 5.74) is 1.01. The molecule has 0 unspecified atom stereocenters. The third-order valence-corrected chi connectivity index (χ3v) is 6.58. The van der Waals surface area contributed by atoms with Crippen molar-refractivity contribution in [1.29, 1.82) is 0 Å². The van der Waals surface area contributed by atoms with E-state index in [1.807, 2.05) is 30.3 Å². The zero-order valence-corrected chi connectivity index (χ0v) is 20.4. The van der Waals surface area contributed by atoms with Crippen molar-refractivity contribution >= 4 is 17.2 Å². The van der Waals surface area contributed by atoms with Crippen LogP contribution in [0.2, 0.25) is 0 Å². The number of carbonyl (C=O) groups excluding carboxylic acids is 1. The average molecular weight is 448 g/mol. The van der Waals surface area contributed by atoms with Crippen LogP contribution in [0.25, 0.3) is 10.4 Å². The Hall–Kier alpha value is -2.09. The van der Waals surface area contributed by atoms with Crippen LogP contribution >= 0.6 is 11.3 Å². The number of likely N-dealkylation sites (N-methyl/N-ethyl adjacent to an activating group) is 2. The van der Waals surface area contributed by atoms with E-state index in [9.17, 15) is 4.79 Å². The molecule has 2 aromatic rings. The predicted octanol–water partition coefficient (Wildman–Crippen LogP) is 4.22. The molecule has 0 saturated heterocycles. The van der Waals surface area contributed by atoms with Gasteiger partial charge in [-0.3, -0.25) is 4.79 Å². The molecule has 0 radical (unpaired) electrons. The van der Waals surface area contributed by atoms with Crippen LogP contribution in [-0.2, 0) is 0 Å². The Morgan fingerprint density at radius 3 is 2.26 bits per heavy atom. The zero-order chi connectivity index (χ0) is 22.6. The van der Waals surface area contributed by atoms with Crippen LogP contribution in [0.4, 0.5) is 0 Å². The third-order valence-electron chi connectivity index (χ3n) is 5.45. The molecule has 172 valence electrons. The van der Waals surface area contributed by atoms with Crippen molar-refractivity contribution in [2.24, 2.45) is 0 Å². The van der Waals surface area contributed by atoms with Gasteiger partial charge >= 0.3 is 0 Å². The minimum Gasteiger partial charge on any atom is -0.493 e. The third kappa shape index (κ3) is 7.52. The fourth-order valence-electron chi connectivity index (χ4n) is 3.33. The lowest BCUT2D eigenvalue weighted by Crippen LogP contribution is -2.34. The molecule has 0 atom stereocenters. The average Bonchev–Trinajstić information content (AvgIpc) is 3.30. The molecule has 0 aliphatic rings. The molecular weight excluding hydrogens is 410 g/mol. The minimum atomic E-state index is -0.0215. The lowest BCUT2D eigenvalue weighted by Gasteiger charge is -2.19. The Balaban J connectivity index is 1.98. The summed E-state index contributed by atoms with van der Waals surface area (Å²) >= 11 is 1.49. The summed E-state index contributed by atoms with van der Waals surface area (Å²) in [5, 5.41) is 3.02. The van der Waals surface area contributed by atoms with E-state index in [-0.39, 0.29) is 5.91 Å². The quantitative estimate of drug-likeness (QED) is 0.470. The van der Waals surface area contributed by atoms with Gasteiger partial charge in [-0.15, -0.1) is 11.3 Å². The van der Waals surface area contributed by atoms with Crippen molar-refractivity contribution < 1.29 is 14.3 Å². The summed E-state index contributed by atoms with van der Waals surface area (Å²) < 4.78 is 11.5. The van der Waals surface area contributed by atoms with Gasteiger partial charge in [0.05, 0.1) is 12.0 Å². The molecule has 7 heteroatoms. The minimum absolute atomic E-state index is 0.0215. The number of methoxy groups -OCH3 is 1. The SMILES string of the molecule is CCN(CC)CCNC(=O)c1ccc(-c2ccc(OCCN(CC)CC)c(OC)c2)s1. The number of thiophene rings is 1. The molecule has 6 nitrogen and oxygen atoms in total. The van der Waals surface area contributed by atoms with Gasteiger partial charge in [-0.2, -0.15) is 0 Å². The number of hydrogen-bond acceptors (Lipinski definition) is 6. The van der Waals surface area contributed by atoms with Crippen LogP contribution in [0.3, 0.4) is 0 Å². The van der Waals surface area contributed by atoms with Gasteiger partial charge in [0.2, 0.25) is 0 Å². The van der Waals surface area contributed by atoms with Gasteiger partial charge in [0.25, 0.3) is 5.91 Å². The maximum Gasteiger partial charge on any atom is 0.261 e. The number of nitrogens with one attached hydrogen (secondary N) is 1. The lowest BCUT2D eigenvalue weighted by molar-refractivity contribution is 0.0953. The maximum atomic E-state index is 12.5. The van der Waals surface area contributed by atoms with E-state index in [4.69, 9.17) is 9.47 Å². The van der Waals surface area contributed by atoms with Crippen LogP contribution in [0.15, 0.2) is 30.3 Å². The first-order chi connectivity index (χ1) is 15.1. The highest BCUT2D eigenvalue weighted by Crippen LogP contribution is 2.35. The van der Waals surface area contributed by atoms with Gasteiger partial charge in [0.1, 0.15) is 6.61 Å². The summed E-state index contributed by atoms with van der Waals surface area (Å²) in [7, 11) is 1.65. The fraction of sp³-hybridized carbons (Fsp3) is 0.542. The van der Waals surface area contributed by atoms with Gasteiger partial charge in [-0.25, -0.2) is 0 Å².